The van der Waals surface area contributed by atoms with Gasteiger partial charge in [0.2, 0.25) is 0 Å². The maximum atomic E-state index is 5.65. The molecular formula is C8H16N2. The van der Waals surface area contributed by atoms with Gasteiger partial charge in [-0.05, 0) is 18.8 Å². The molecule has 1 rings (SSSR count). The van der Waals surface area contributed by atoms with E-state index < -0.39 is 0 Å². The second-order valence-electron chi connectivity index (χ2n) is 4.01. The van der Waals surface area contributed by atoms with Crippen molar-refractivity contribution in [3.05, 3.63) is 0 Å². The van der Waals surface area contributed by atoms with E-state index in [1.165, 1.54) is 0 Å². The summed E-state index contributed by atoms with van der Waals surface area (Å²) in [6.45, 7) is 6.60. The molecule has 1 aliphatic heterocycles. The average Bonchev–Trinajstić information content (AvgIpc) is 1.54. The first-order valence-electron chi connectivity index (χ1n) is 3.82. The lowest BCUT2D eigenvalue weighted by atomic mass is 9.81. The molecule has 1 heterocycles. The molecule has 2 heteroatoms. The van der Waals surface area contributed by atoms with Gasteiger partial charge in [-0.25, -0.2) is 0 Å². The van der Waals surface area contributed by atoms with E-state index in [1.807, 2.05) is 0 Å². The minimum atomic E-state index is 0.366. The Balaban J connectivity index is 2.70. The lowest BCUT2D eigenvalue weighted by Crippen LogP contribution is -2.31. The van der Waals surface area contributed by atoms with E-state index in [9.17, 15) is 0 Å². The molecule has 1 unspecified atom stereocenters. The molecule has 0 aromatic heterocycles. The van der Waals surface area contributed by atoms with E-state index in [2.05, 4.69) is 25.8 Å². The number of nitrogens with two attached hydrogens (primary N) is 1. The zero-order valence-electron chi connectivity index (χ0n) is 7.02. The van der Waals surface area contributed by atoms with Crippen LogP contribution in [0.25, 0.3) is 0 Å². The molecule has 0 aliphatic carbocycles. The first-order valence-corrected chi connectivity index (χ1v) is 3.82. The minimum absolute atomic E-state index is 0.366. The molecule has 58 valence electrons. The number of nitrogens with zero attached hydrogens (tertiary/aromatic N) is 1. The average molecular weight is 140 g/mol. The van der Waals surface area contributed by atoms with Crippen LogP contribution in [0.15, 0.2) is 4.99 Å². The van der Waals surface area contributed by atoms with Crippen molar-refractivity contribution in [3.63, 3.8) is 0 Å². The number of aliphatic imine (C=N–C) groups is 1. The van der Waals surface area contributed by atoms with E-state index in [0.717, 1.165) is 18.7 Å². The Morgan fingerprint density at radius 2 is 2.20 bits per heavy atom. The molecule has 0 saturated carbocycles. The Labute approximate surface area is 62.5 Å². The lowest BCUT2D eigenvalue weighted by Gasteiger charge is -2.30. The summed E-state index contributed by atoms with van der Waals surface area (Å²) in [7, 11) is 0. The smallest absolute Gasteiger partial charge is 0.0945 e. The Kier molecular flexibility index (Phi) is 1.71. The molecule has 10 heavy (non-hydrogen) atoms. The normalized spacial score (nSPS) is 31.5. The van der Waals surface area contributed by atoms with Gasteiger partial charge in [-0.3, -0.25) is 4.99 Å². The first kappa shape index (κ1) is 7.58. The molecule has 2 N–H and O–H groups in total. The molecule has 0 aromatic carbocycles. The largest absolute Gasteiger partial charge is 0.387 e. The van der Waals surface area contributed by atoms with Crippen LogP contribution in [-0.2, 0) is 0 Å². The van der Waals surface area contributed by atoms with Crippen LogP contribution in [0.4, 0.5) is 0 Å². The van der Waals surface area contributed by atoms with Crippen molar-refractivity contribution in [2.75, 3.05) is 0 Å². The molecule has 0 radical (unpaired) electrons. The Morgan fingerprint density at radius 1 is 1.60 bits per heavy atom. The second kappa shape index (κ2) is 2.26. The van der Waals surface area contributed by atoms with Crippen molar-refractivity contribution in [3.8, 4) is 0 Å². The SMILES string of the molecule is CC1CC(C)(C)CC(N)=N1. The number of hydrogen-bond acceptors (Lipinski definition) is 2. The van der Waals surface area contributed by atoms with Gasteiger partial charge in [-0.2, -0.15) is 0 Å². The van der Waals surface area contributed by atoms with Crippen molar-refractivity contribution in [1.29, 1.82) is 0 Å². The van der Waals surface area contributed by atoms with Crippen molar-refractivity contribution < 1.29 is 0 Å². The predicted octanol–water partition coefficient (Wildman–Crippen LogP) is 1.55. The van der Waals surface area contributed by atoms with Crippen molar-refractivity contribution in [2.24, 2.45) is 16.1 Å². The molecule has 0 amide bonds. The van der Waals surface area contributed by atoms with Gasteiger partial charge in [0.1, 0.15) is 0 Å². The summed E-state index contributed by atoms with van der Waals surface area (Å²) in [5.74, 6) is 0.823. The van der Waals surface area contributed by atoms with Gasteiger partial charge in [0.25, 0.3) is 0 Å². The zero-order chi connectivity index (χ0) is 7.78. The molecule has 0 spiro atoms. The third kappa shape index (κ3) is 1.72. The number of rotatable bonds is 0. The summed E-state index contributed by atoms with van der Waals surface area (Å²) in [6.07, 6.45) is 2.12. The molecule has 0 fully saturated rings. The number of hydrogen-bond donors (Lipinski definition) is 1. The number of amidine groups is 1. The molecular weight excluding hydrogens is 124 g/mol. The minimum Gasteiger partial charge on any atom is -0.387 e. The Hall–Kier alpha value is -0.530. The highest BCUT2D eigenvalue weighted by atomic mass is 14.9. The van der Waals surface area contributed by atoms with Gasteiger partial charge in [0.05, 0.1) is 5.84 Å². The maximum absolute atomic E-state index is 5.65. The molecule has 2 nitrogen and oxygen atoms in total. The Morgan fingerprint density at radius 3 is 2.60 bits per heavy atom. The summed E-state index contributed by atoms with van der Waals surface area (Å²) in [5.41, 5.74) is 6.02. The van der Waals surface area contributed by atoms with E-state index in [0.29, 0.717) is 11.5 Å². The van der Waals surface area contributed by atoms with Crippen molar-refractivity contribution in [2.45, 2.75) is 39.7 Å². The topological polar surface area (TPSA) is 38.4 Å². The van der Waals surface area contributed by atoms with Gasteiger partial charge in [-0.15, -0.1) is 0 Å². The van der Waals surface area contributed by atoms with E-state index >= 15 is 0 Å². The van der Waals surface area contributed by atoms with E-state index in [-0.39, 0.29) is 0 Å². The van der Waals surface area contributed by atoms with Crippen LogP contribution in [0.2, 0.25) is 0 Å². The van der Waals surface area contributed by atoms with Gasteiger partial charge < -0.3 is 5.73 Å². The van der Waals surface area contributed by atoms with Gasteiger partial charge in [-0.1, -0.05) is 13.8 Å². The fraction of sp³-hybridized carbons (Fsp3) is 0.875. The third-order valence-electron chi connectivity index (χ3n) is 1.89. The van der Waals surface area contributed by atoms with Crippen LogP contribution in [0, 0.1) is 5.41 Å². The summed E-state index contributed by atoms with van der Waals surface area (Å²) >= 11 is 0. The standard InChI is InChI=1S/C8H16N2/c1-6-4-8(2,3)5-7(9)10-6/h6H,4-5H2,1-3H3,(H2,9,10). The van der Waals surface area contributed by atoms with Crippen LogP contribution >= 0.6 is 0 Å². The molecule has 0 saturated heterocycles. The van der Waals surface area contributed by atoms with Crippen LogP contribution in [0.1, 0.15) is 33.6 Å². The highest BCUT2D eigenvalue weighted by Gasteiger charge is 2.26. The summed E-state index contributed by atoms with van der Waals surface area (Å²) in [6, 6.07) is 0.420. The predicted molar refractivity (Wildman–Crippen MR) is 44.1 cm³/mol. The molecule has 1 atom stereocenters. The first-order chi connectivity index (χ1) is 4.49. The Bertz CT molecular complexity index is 159. The quantitative estimate of drug-likeness (QED) is 0.544. The summed E-state index contributed by atoms with van der Waals surface area (Å²) in [5, 5.41) is 0. The van der Waals surface area contributed by atoms with Crippen LogP contribution in [-0.4, -0.2) is 11.9 Å². The second-order valence-corrected chi connectivity index (χ2v) is 4.01. The van der Waals surface area contributed by atoms with Crippen molar-refractivity contribution >= 4 is 5.84 Å². The summed E-state index contributed by atoms with van der Waals surface area (Å²) in [4.78, 5) is 4.27. The summed E-state index contributed by atoms with van der Waals surface area (Å²) < 4.78 is 0. The fourth-order valence-electron chi connectivity index (χ4n) is 1.74. The molecule has 0 aromatic rings. The van der Waals surface area contributed by atoms with Crippen molar-refractivity contribution in [1.82, 2.24) is 0 Å². The monoisotopic (exact) mass is 140 g/mol. The maximum Gasteiger partial charge on any atom is 0.0945 e. The van der Waals surface area contributed by atoms with Crippen LogP contribution in [0.5, 0.6) is 0 Å². The molecule has 0 bridgehead atoms. The highest BCUT2D eigenvalue weighted by molar-refractivity contribution is 5.81. The highest BCUT2D eigenvalue weighted by Crippen LogP contribution is 2.30. The zero-order valence-corrected chi connectivity index (χ0v) is 7.02. The van der Waals surface area contributed by atoms with Crippen LogP contribution < -0.4 is 5.73 Å². The third-order valence-corrected chi connectivity index (χ3v) is 1.89. The van der Waals surface area contributed by atoms with Crippen LogP contribution in [0.3, 0.4) is 0 Å². The van der Waals surface area contributed by atoms with Gasteiger partial charge in [0.15, 0.2) is 0 Å². The van der Waals surface area contributed by atoms with Gasteiger partial charge in [0, 0.05) is 12.5 Å². The van der Waals surface area contributed by atoms with E-state index in [4.69, 9.17) is 5.73 Å². The molecule has 1 aliphatic rings. The van der Waals surface area contributed by atoms with Gasteiger partial charge >= 0.3 is 0 Å². The van der Waals surface area contributed by atoms with E-state index in [1.54, 1.807) is 0 Å². The lowest BCUT2D eigenvalue weighted by molar-refractivity contribution is 0.308. The fourth-order valence-corrected chi connectivity index (χ4v) is 1.74.